The summed E-state index contributed by atoms with van der Waals surface area (Å²) in [6.07, 6.45) is 13.5. The summed E-state index contributed by atoms with van der Waals surface area (Å²) in [7, 11) is 1.73. The summed E-state index contributed by atoms with van der Waals surface area (Å²) in [6.45, 7) is 4.78. The van der Waals surface area contributed by atoms with E-state index in [0.29, 0.717) is 43.3 Å². The zero-order chi connectivity index (χ0) is 41.9. The summed E-state index contributed by atoms with van der Waals surface area (Å²) in [5.74, 6) is 0.636. The number of unbranched alkanes of at least 4 members (excludes halogenated alkanes) is 7. The molecule has 4 aromatic rings. The van der Waals surface area contributed by atoms with Crippen LogP contribution in [0.1, 0.15) is 119 Å². The first-order valence-electron chi connectivity index (χ1n) is 21.8. The van der Waals surface area contributed by atoms with E-state index in [1.807, 2.05) is 43.3 Å². The number of imide groups is 1. The fourth-order valence-electron chi connectivity index (χ4n) is 9.58. The molecule has 0 spiro atoms. The zero-order valence-electron chi connectivity index (χ0n) is 34.6. The summed E-state index contributed by atoms with van der Waals surface area (Å²) in [6, 6.07) is 13.4. The Kier molecular flexibility index (Phi) is 12.7. The van der Waals surface area contributed by atoms with Crippen LogP contribution in [-0.4, -0.2) is 85.9 Å². The molecule has 8 rings (SSSR count). The van der Waals surface area contributed by atoms with Gasteiger partial charge in [0.05, 0.1) is 29.0 Å². The third-order valence-electron chi connectivity index (χ3n) is 12.9. The molecule has 2 aromatic carbocycles. The number of benzene rings is 2. The fraction of sp³-hybridized carbons (Fsp3) is 0.533. The van der Waals surface area contributed by atoms with Gasteiger partial charge in [-0.15, -0.1) is 0 Å². The van der Waals surface area contributed by atoms with E-state index < -0.39 is 11.9 Å². The van der Waals surface area contributed by atoms with Gasteiger partial charge >= 0.3 is 5.69 Å². The van der Waals surface area contributed by atoms with Crippen molar-refractivity contribution in [1.82, 2.24) is 34.6 Å². The maximum atomic E-state index is 14.3. The zero-order valence-corrected chi connectivity index (χ0v) is 35.4. The van der Waals surface area contributed by atoms with Gasteiger partial charge in [0.15, 0.2) is 0 Å². The van der Waals surface area contributed by atoms with E-state index in [2.05, 4.69) is 41.8 Å². The minimum atomic E-state index is -0.671. The average Bonchev–Trinajstić information content (AvgIpc) is 4.00. The molecule has 1 saturated carbocycles. The van der Waals surface area contributed by atoms with Crippen molar-refractivity contribution in [2.24, 2.45) is 7.05 Å². The van der Waals surface area contributed by atoms with Crippen LogP contribution in [0.15, 0.2) is 53.6 Å². The van der Waals surface area contributed by atoms with E-state index in [1.165, 1.54) is 42.1 Å². The molecule has 318 valence electrons. The topological polar surface area (TPSA) is 164 Å². The van der Waals surface area contributed by atoms with Crippen molar-refractivity contribution < 1.29 is 19.2 Å². The highest BCUT2D eigenvalue weighted by Crippen LogP contribution is 2.44. The predicted molar refractivity (Wildman–Crippen MR) is 231 cm³/mol. The lowest BCUT2D eigenvalue weighted by molar-refractivity contribution is -0.136. The van der Waals surface area contributed by atoms with E-state index in [0.717, 1.165) is 73.0 Å². The number of hydrogen-bond donors (Lipinski definition) is 3. The highest BCUT2D eigenvalue weighted by Gasteiger charge is 2.52. The van der Waals surface area contributed by atoms with Crippen LogP contribution >= 0.6 is 11.6 Å². The van der Waals surface area contributed by atoms with Gasteiger partial charge in [-0.05, 0) is 80.0 Å². The normalized spacial score (nSPS) is 21.7. The second kappa shape index (κ2) is 18.3. The van der Waals surface area contributed by atoms with E-state index in [4.69, 9.17) is 11.6 Å². The standard InChI is InChI=1S/C45H56ClN9O5/c1-28-23-39(57)50-41-40(28)42(49-27-48-41)53-21-22-54(37-25-36(37)53)44(59)32(30-13-15-31(46)16-14-30)26-47-20-10-8-6-4-3-5-7-9-11-29-12-17-33-35(24-29)52(2)45(60)55(33)34-18-19-38(56)51-43(34)58/h12-17,24,27-28,32,34,36-37,47H,3-11,18-23,25-26H2,1-2H3,(H,51,56,58)(H,48,49,50,57)/t28-,32-,34?,36+,37-/m1/s1. The molecule has 15 heteroatoms. The number of aromatic nitrogens is 4. The van der Waals surface area contributed by atoms with Crippen molar-refractivity contribution in [2.45, 2.75) is 120 Å². The molecule has 60 heavy (non-hydrogen) atoms. The average molecular weight is 838 g/mol. The van der Waals surface area contributed by atoms with E-state index in [-0.39, 0.29) is 53.8 Å². The van der Waals surface area contributed by atoms with Crippen molar-refractivity contribution in [3.8, 4) is 0 Å². The number of piperazine rings is 1. The molecule has 0 bridgehead atoms. The molecule has 5 heterocycles. The Morgan fingerprint density at radius 3 is 2.40 bits per heavy atom. The molecule has 3 N–H and O–H groups in total. The second-order valence-corrected chi connectivity index (χ2v) is 17.5. The Hall–Kier alpha value is -5.08. The number of fused-ring (bicyclic) bond motifs is 3. The molecule has 4 aliphatic rings. The van der Waals surface area contributed by atoms with Gasteiger partial charge in [-0.25, -0.2) is 14.8 Å². The summed E-state index contributed by atoms with van der Waals surface area (Å²) < 4.78 is 3.13. The number of amides is 4. The molecule has 14 nitrogen and oxygen atoms in total. The predicted octanol–water partition coefficient (Wildman–Crippen LogP) is 5.73. The van der Waals surface area contributed by atoms with Crippen LogP contribution in [0.2, 0.25) is 5.02 Å². The van der Waals surface area contributed by atoms with Gasteiger partial charge in [0.2, 0.25) is 23.6 Å². The number of rotatable bonds is 17. The molecular weight excluding hydrogens is 782 g/mol. The number of halogens is 1. The van der Waals surface area contributed by atoms with E-state index >= 15 is 0 Å². The number of anilines is 2. The Bertz CT molecular complexity index is 2310. The smallest absolute Gasteiger partial charge is 0.329 e. The number of imidazole rings is 1. The monoisotopic (exact) mass is 837 g/mol. The lowest BCUT2D eigenvalue weighted by atomic mass is 9.94. The summed E-state index contributed by atoms with van der Waals surface area (Å²) in [5.41, 5.74) is 4.43. The van der Waals surface area contributed by atoms with Crippen molar-refractivity contribution in [2.75, 3.05) is 36.4 Å². The molecule has 2 saturated heterocycles. The van der Waals surface area contributed by atoms with Crippen LogP contribution in [0.4, 0.5) is 11.6 Å². The fourth-order valence-corrected chi connectivity index (χ4v) is 9.70. The van der Waals surface area contributed by atoms with Gasteiger partial charge in [-0.1, -0.05) is 75.2 Å². The minimum absolute atomic E-state index is 0.0201. The first-order valence-corrected chi connectivity index (χ1v) is 22.2. The number of aryl methyl sites for hydroxylation is 2. The summed E-state index contributed by atoms with van der Waals surface area (Å²) >= 11 is 6.24. The third kappa shape index (κ3) is 8.86. The van der Waals surface area contributed by atoms with Crippen LogP contribution in [0, 0.1) is 0 Å². The van der Waals surface area contributed by atoms with E-state index in [1.54, 1.807) is 11.6 Å². The van der Waals surface area contributed by atoms with Crippen molar-refractivity contribution in [1.29, 1.82) is 0 Å². The van der Waals surface area contributed by atoms with Gasteiger partial charge in [0, 0.05) is 50.1 Å². The Morgan fingerprint density at radius 2 is 1.63 bits per heavy atom. The quantitative estimate of drug-likeness (QED) is 0.0891. The summed E-state index contributed by atoms with van der Waals surface area (Å²) in [4.78, 5) is 77.1. The van der Waals surface area contributed by atoms with Crippen LogP contribution in [-0.2, 0) is 32.6 Å². The molecule has 1 unspecified atom stereocenters. The first-order chi connectivity index (χ1) is 29.1. The molecule has 0 radical (unpaired) electrons. The molecule has 4 amide bonds. The van der Waals surface area contributed by atoms with Gasteiger partial charge in [0.1, 0.15) is 24.0 Å². The highest BCUT2D eigenvalue weighted by molar-refractivity contribution is 6.30. The number of hydrogen-bond acceptors (Lipinski definition) is 9. The lowest BCUT2D eigenvalue weighted by Crippen LogP contribution is -2.51. The van der Waals surface area contributed by atoms with Crippen LogP contribution < -0.4 is 26.5 Å². The number of carbonyl (C=O) groups excluding carboxylic acids is 4. The first kappa shape index (κ1) is 41.6. The van der Waals surface area contributed by atoms with Crippen LogP contribution in [0.5, 0.6) is 0 Å². The minimum Gasteiger partial charge on any atom is -0.349 e. The van der Waals surface area contributed by atoms with Gasteiger partial charge < -0.3 is 20.4 Å². The van der Waals surface area contributed by atoms with Crippen LogP contribution in [0.3, 0.4) is 0 Å². The molecule has 3 aliphatic heterocycles. The van der Waals surface area contributed by atoms with Crippen LogP contribution in [0.25, 0.3) is 11.0 Å². The third-order valence-corrected chi connectivity index (χ3v) is 13.2. The van der Waals surface area contributed by atoms with E-state index in [9.17, 15) is 24.0 Å². The molecular formula is C45H56ClN9O5. The number of piperidine rings is 1. The highest BCUT2D eigenvalue weighted by atomic mass is 35.5. The number of carbonyl (C=O) groups is 4. The van der Waals surface area contributed by atoms with Gasteiger partial charge in [0.25, 0.3) is 0 Å². The number of nitrogens with one attached hydrogen (secondary N) is 3. The van der Waals surface area contributed by atoms with Gasteiger partial charge in [-0.3, -0.25) is 33.6 Å². The van der Waals surface area contributed by atoms with Crippen molar-refractivity contribution in [3.05, 3.63) is 81.0 Å². The maximum Gasteiger partial charge on any atom is 0.329 e. The molecule has 3 fully saturated rings. The summed E-state index contributed by atoms with van der Waals surface area (Å²) in [5, 5.41) is 9.54. The molecule has 1 aliphatic carbocycles. The maximum absolute atomic E-state index is 14.3. The van der Waals surface area contributed by atoms with Crippen molar-refractivity contribution >= 4 is 57.9 Å². The van der Waals surface area contributed by atoms with Gasteiger partial charge in [-0.2, -0.15) is 0 Å². The SMILES string of the molecule is C[C@@H]1CC(=O)Nc2ncnc(N3CCN(C(=O)[C@H](CNCCCCCCCCCCc4ccc5c(c4)n(C)c(=O)n5C4CCC(=O)NC4=O)c4ccc(Cl)cc4)[C@@H]4C[C@@H]43)c21. The lowest BCUT2D eigenvalue weighted by Gasteiger charge is -2.38. The molecule has 2 aromatic heterocycles. The Labute approximate surface area is 355 Å². The Balaban J connectivity index is 0.748. The molecule has 5 atom stereocenters. The second-order valence-electron chi connectivity index (χ2n) is 17.1. The number of nitrogens with zero attached hydrogens (tertiary/aromatic N) is 6. The Morgan fingerprint density at radius 1 is 0.883 bits per heavy atom. The largest absolute Gasteiger partial charge is 0.349 e. The van der Waals surface area contributed by atoms with Crippen molar-refractivity contribution in [3.63, 3.8) is 0 Å².